The molecule has 3 heterocycles. The van der Waals surface area contributed by atoms with Crippen LogP contribution in [0.15, 0.2) is 24.3 Å². The number of nitrogens with zero attached hydrogens (tertiary/aromatic N) is 1. The normalized spacial score (nSPS) is 24.0. The van der Waals surface area contributed by atoms with Gasteiger partial charge in [-0.2, -0.15) is 0 Å². The van der Waals surface area contributed by atoms with Gasteiger partial charge in [-0.1, -0.05) is 18.2 Å². The molecular weight excluding hydrogens is 280 g/mol. The summed E-state index contributed by atoms with van der Waals surface area (Å²) in [4.78, 5) is 29.8. The average molecular weight is 298 g/mol. The Bertz CT molecular complexity index is 764. The number of nitrogens with one attached hydrogen (secondary N) is 1. The molecule has 1 fully saturated rings. The molecule has 0 radical (unpaired) electrons. The lowest BCUT2D eigenvalue weighted by Crippen LogP contribution is -2.53. The first-order valence-corrected chi connectivity index (χ1v) is 7.69. The summed E-state index contributed by atoms with van der Waals surface area (Å²) in [5.74, 6) is -0.271. The molecule has 0 aliphatic carbocycles. The van der Waals surface area contributed by atoms with Gasteiger partial charge in [0, 0.05) is 29.4 Å². The van der Waals surface area contributed by atoms with E-state index in [4.69, 9.17) is 4.74 Å². The smallest absolute Gasteiger partial charge is 0.328 e. The van der Waals surface area contributed by atoms with Crippen LogP contribution in [0, 0.1) is 0 Å². The quantitative estimate of drug-likeness (QED) is 0.822. The maximum absolute atomic E-state index is 12.4. The zero-order valence-corrected chi connectivity index (χ0v) is 12.5. The van der Waals surface area contributed by atoms with Crippen LogP contribution < -0.4 is 0 Å². The van der Waals surface area contributed by atoms with Gasteiger partial charge in [0.2, 0.25) is 5.91 Å². The molecule has 2 atom stereocenters. The largest absolute Gasteiger partial charge is 0.467 e. The summed E-state index contributed by atoms with van der Waals surface area (Å²) < 4.78 is 4.95. The molecule has 5 nitrogen and oxygen atoms in total. The molecule has 1 aromatic heterocycles. The third kappa shape index (κ3) is 1.78. The molecule has 1 saturated heterocycles. The topological polar surface area (TPSA) is 62.4 Å². The lowest BCUT2D eigenvalue weighted by atomic mass is 9.86. The SMILES string of the molecule is COC(=O)[C@@H]1Cc2c([nH]c3ccccc23)C2CCCC(=O)N21. The molecular formula is C17H18N2O3. The van der Waals surface area contributed by atoms with Crippen molar-refractivity contribution in [3.05, 3.63) is 35.5 Å². The predicted octanol–water partition coefficient (Wildman–Crippen LogP) is 2.32. The maximum Gasteiger partial charge on any atom is 0.328 e. The second-order valence-corrected chi connectivity index (χ2v) is 6.01. The Labute approximate surface area is 128 Å². The Kier molecular flexibility index (Phi) is 2.96. The van der Waals surface area contributed by atoms with E-state index in [1.54, 1.807) is 4.90 Å². The van der Waals surface area contributed by atoms with Gasteiger partial charge in [0.25, 0.3) is 0 Å². The predicted molar refractivity (Wildman–Crippen MR) is 81.2 cm³/mol. The molecule has 1 N–H and O–H groups in total. The molecule has 22 heavy (non-hydrogen) atoms. The molecule has 5 heteroatoms. The lowest BCUT2D eigenvalue weighted by Gasteiger charge is -2.43. The van der Waals surface area contributed by atoms with E-state index in [9.17, 15) is 9.59 Å². The highest BCUT2D eigenvalue weighted by molar-refractivity contribution is 5.90. The summed E-state index contributed by atoms with van der Waals surface area (Å²) in [7, 11) is 1.39. The number of benzene rings is 1. The highest BCUT2D eigenvalue weighted by atomic mass is 16.5. The summed E-state index contributed by atoms with van der Waals surface area (Å²) in [6.45, 7) is 0. The Balaban J connectivity index is 1.90. The van der Waals surface area contributed by atoms with E-state index < -0.39 is 6.04 Å². The average Bonchev–Trinajstić information content (AvgIpc) is 2.92. The molecule has 0 bridgehead atoms. The van der Waals surface area contributed by atoms with Crippen molar-refractivity contribution in [2.45, 2.75) is 37.8 Å². The van der Waals surface area contributed by atoms with Gasteiger partial charge in [-0.05, 0) is 24.5 Å². The number of carbonyl (C=O) groups is 2. The minimum Gasteiger partial charge on any atom is -0.467 e. The number of methoxy groups -OCH3 is 1. The zero-order valence-electron chi connectivity index (χ0n) is 12.5. The van der Waals surface area contributed by atoms with Crippen LogP contribution >= 0.6 is 0 Å². The van der Waals surface area contributed by atoms with E-state index in [1.165, 1.54) is 7.11 Å². The van der Waals surface area contributed by atoms with E-state index in [2.05, 4.69) is 11.1 Å². The summed E-state index contributed by atoms with van der Waals surface area (Å²) in [5.41, 5.74) is 3.31. The van der Waals surface area contributed by atoms with E-state index in [1.807, 2.05) is 18.2 Å². The third-order valence-electron chi connectivity index (χ3n) is 4.88. The summed E-state index contributed by atoms with van der Waals surface area (Å²) in [6, 6.07) is 7.55. The van der Waals surface area contributed by atoms with Crippen LogP contribution in [0.5, 0.6) is 0 Å². The summed E-state index contributed by atoms with van der Waals surface area (Å²) in [5, 5.41) is 1.14. The standard InChI is InChI=1S/C17H18N2O3/c1-22-17(21)14-9-11-10-5-2-3-6-12(10)18-16(11)13-7-4-8-15(20)19(13)14/h2-3,5-6,13-14,18H,4,7-9H2,1H3/t13?,14-/m0/s1. The Hall–Kier alpha value is -2.30. The number of hydrogen-bond acceptors (Lipinski definition) is 3. The van der Waals surface area contributed by atoms with Crippen molar-refractivity contribution in [2.24, 2.45) is 0 Å². The van der Waals surface area contributed by atoms with Gasteiger partial charge in [0.15, 0.2) is 0 Å². The zero-order chi connectivity index (χ0) is 15.3. The molecule has 2 aliphatic rings. The van der Waals surface area contributed by atoms with Gasteiger partial charge < -0.3 is 14.6 Å². The minimum atomic E-state index is -0.505. The highest BCUT2D eigenvalue weighted by Crippen LogP contribution is 2.42. The first-order chi connectivity index (χ1) is 10.7. The fourth-order valence-electron chi connectivity index (χ4n) is 3.91. The second kappa shape index (κ2) is 4.87. The van der Waals surface area contributed by atoms with Crippen LogP contribution in [0.3, 0.4) is 0 Å². The van der Waals surface area contributed by atoms with Crippen molar-refractivity contribution < 1.29 is 14.3 Å². The van der Waals surface area contributed by atoms with Crippen molar-refractivity contribution >= 4 is 22.8 Å². The maximum atomic E-state index is 12.4. The summed E-state index contributed by atoms with van der Waals surface area (Å²) in [6.07, 6.45) is 2.79. The summed E-state index contributed by atoms with van der Waals surface area (Å²) >= 11 is 0. The van der Waals surface area contributed by atoms with Crippen LogP contribution in [-0.2, 0) is 20.7 Å². The van der Waals surface area contributed by atoms with Crippen molar-refractivity contribution in [3.63, 3.8) is 0 Å². The van der Waals surface area contributed by atoms with Gasteiger partial charge in [0.05, 0.1) is 13.2 Å². The van der Waals surface area contributed by atoms with Gasteiger partial charge in [-0.15, -0.1) is 0 Å². The van der Waals surface area contributed by atoms with Crippen molar-refractivity contribution in [2.75, 3.05) is 7.11 Å². The number of carbonyl (C=O) groups excluding carboxylic acids is 2. The first-order valence-electron chi connectivity index (χ1n) is 7.69. The number of amides is 1. The number of hydrogen-bond donors (Lipinski definition) is 1. The highest BCUT2D eigenvalue weighted by Gasteiger charge is 2.44. The number of fused-ring (bicyclic) bond motifs is 5. The van der Waals surface area contributed by atoms with Crippen molar-refractivity contribution in [3.8, 4) is 0 Å². The van der Waals surface area contributed by atoms with Crippen molar-refractivity contribution in [1.29, 1.82) is 0 Å². The van der Waals surface area contributed by atoms with Gasteiger partial charge in [-0.3, -0.25) is 4.79 Å². The van der Waals surface area contributed by atoms with Crippen LogP contribution in [-0.4, -0.2) is 34.9 Å². The molecule has 1 amide bonds. The van der Waals surface area contributed by atoms with Gasteiger partial charge in [-0.25, -0.2) is 4.79 Å². The second-order valence-electron chi connectivity index (χ2n) is 6.01. The number of aromatic amines is 1. The first kappa shape index (κ1) is 13.4. The molecule has 1 aromatic carbocycles. The number of esters is 1. The number of ether oxygens (including phenoxy) is 1. The molecule has 2 aliphatic heterocycles. The molecule has 1 unspecified atom stereocenters. The molecule has 0 saturated carbocycles. The fraction of sp³-hybridized carbons (Fsp3) is 0.412. The molecule has 114 valence electrons. The number of para-hydroxylation sites is 1. The Morgan fingerprint density at radius 2 is 2.18 bits per heavy atom. The number of H-pyrrole nitrogens is 1. The monoisotopic (exact) mass is 298 g/mol. The number of aromatic nitrogens is 1. The van der Waals surface area contributed by atoms with Crippen LogP contribution in [0.25, 0.3) is 10.9 Å². The van der Waals surface area contributed by atoms with Crippen LogP contribution in [0.2, 0.25) is 0 Å². The van der Waals surface area contributed by atoms with E-state index in [0.29, 0.717) is 12.8 Å². The molecule has 0 spiro atoms. The Morgan fingerprint density at radius 1 is 1.36 bits per heavy atom. The number of rotatable bonds is 1. The van der Waals surface area contributed by atoms with Crippen LogP contribution in [0.1, 0.15) is 36.6 Å². The lowest BCUT2D eigenvalue weighted by molar-refractivity contribution is -0.158. The Morgan fingerprint density at radius 3 is 3.00 bits per heavy atom. The van der Waals surface area contributed by atoms with Crippen LogP contribution in [0.4, 0.5) is 0 Å². The van der Waals surface area contributed by atoms with E-state index >= 15 is 0 Å². The van der Waals surface area contributed by atoms with Gasteiger partial charge in [0.1, 0.15) is 6.04 Å². The van der Waals surface area contributed by atoms with E-state index in [-0.39, 0.29) is 17.9 Å². The molecule has 2 aromatic rings. The minimum absolute atomic E-state index is 0.0403. The molecule has 4 rings (SSSR count). The van der Waals surface area contributed by atoms with E-state index in [0.717, 1.165) is 35.0 Å². The fourth-order valence-corrected chi connectivity index (χ4v) is 3.91. The van der Waals surface area contributed by atoms with Gasteiger partial charge >= 0.3 is 5.97 Å². The van der Waals surface area contributed by atoms with Crippen molar-refractivity contribution in [1.82, 2.24) is 9.88 Å². The number of piperidine rings is 1. The third-order valence-corrected chi connectivity index (χ3v) is 4.88.